The predicted molar refractivity (Wildman–Crippen MR) is 72.5 cm³/mol. The maximum Gasteiger partial charge on any atom is 0.311 e. The Kier molecular flexibility index (Phi) is 3.62. The van der Waals surface area contributed by atoms with Crippen molar-refractivity contribution in [1.82, 2.24) is 9.88 Å². The zero-order chi connectivity index (χ0) is 14.2. The number of carboxylic acids is 1. The molecule has 0 bridgehead atoms. The molecule has 1 aromatic heterocycles. The number of hydrogen-bond acceptors (Lipinski definition) is 4. The lowest BCUT2D eigenvalue weighted by molar-refractivity contribution is -0.150. The Morgan fingerprint density at radius 2 is 2.11 bits per heavy atom. The summed E-state index contributed by atoms with van der Waals surface area (Å²) in [5, 5.41) is 10.1. The van der Waals surface area contributed by atoms with Crippen molar-refractivity contribution in [2.45, 2.75) is 33.6 Å². The SMILES string of the molecule is Cc1nc(C)c(C(=O)N2CCCC(C)(C(=O)O)C2)s1. The Morgan fingerprint density at radius 1 is 1.42 bits per heavy atom. The first kappa shape index (κ1) is 14.0. The molecule has 1 N–H and O–H groups in total. The highest BCUT2D eigenvalue weighted by molar-refractivity contribution is 7.13. The number of aliphatic carboxylic acids is 1. The third-order valence-corrected chi connectivity index (χ3v) is 4.66. The van der Waals surface area contributed by atoms with E-state index in [1.54, 1.807) is 11.8 Å². The van der Waals surface area contributed by atoms with Gasteiger partial charge in [-0.15, -0.1) is 11.3 Å². The second-order valence-corrected chi connectivity index (χ2v) is 6.55. The number of aromatic nitrogens is 1. The van der Waals surface area contributed by atoms with Gasteiger partial charge < -0.3 is 10.0 Å². The number of likely N-dealkylation sites (tertiary alicyclic amines) is 1. The largest absolute Gasteiger partial charge is 0.481 e. The Bertz CT molecular complexity index is 526. The Balaban J connectivity index is 2.20. The van der Waals surface area contributed by atoms with Crippen molar-refractivity contribution in [2.75, 3.05) is 13.1 Å². The van der Waals surface area contributed by atoms with E-state index in [-0.39, 0.29) is 12.5 Å². The highest BCUT2D eigenvalue weighted by atomic mass is 32.1. The molecule has 0 radical (unpaired) electrons. The average Bonchev–Trinajstić information content (AvgIpc) is 2.67. The molecule has 1 atom stereocenters. The van der Waals surface area contributed by atoms with Crippen molar-refractivity contribution in [3.05, 3.63) is 15.6 Å². The third kappa shape index (κ3) is 2.63. The molecular weight excluding hydrogens is 264 g/mol. The summed E-state index contributed by atoms with van der Waals surface area (Å²) in [4.78, 5) is 30.3. The van der Waals surface area contributed by atoms with Gasteiger partial charge in [-0.2, -0.15) is 0 Å². The third-order valence-electron chi connectivity index (χ3n) is 3.60. The van der Waals surface area contributed by atoms with E-state index in [1.807, 2.05) is 13.8 Å². The second-order valence-electron chi connectivity index (χ2n) is 5.34. The van der Waals surface area contributed by atoms with E-state index in [0.29, 0.717) is 17.8 Å². The highest BCUT2D eigenvalue weighted by Gasteiger charge is 2.40. The van der Waals surface area contributed by atoms with E-state index >= 15 is 0 Å². The summed E-state index contributed by atoms with van der Waals surface area (Å²) >= 11 is 1.37. The van der Waals surface area contributed by atoms with E-state index in [4.69, 9.17) is 0 Å². The van der Waals surface area contributed by atoms with E-state index in [0.717, 1.165) is 17.1 Å². The smallest absolute Gasteiger partial charge is 0.311 e. The van der Waals surface area contributed by atoms with Crippen LogP contribution in [0.4, 0.5) is 0 Å². The molecular formula is C13H18N2O3S. The summed E-state index contributed by atoms with van der Waals surface area (Å²) in [7, 11) is 0. The highest BCUT2D eigenvalue weighted by Crippen LogP contribution is 2.31. The van der Waals surface area contributed by atoms with Crippen LogP contribution in [0.25, 0.3) is 0 Å². The van der Waals surface area contributed by atoms with Crippen LogP contribution in [-0.2, 0) is 4.79 Å². The molecule has 1 unspecified atom stereocenters. The summed E-state index contributed by atoms with van der Waals surface area (Å²) < 4.78 is 0. The second kappa shape index (κ2) is 4.92. The quantitative estimate of drug-likeness (QED) is 0.901. The van der Waals surface area contributed by atoms with Gasteiger partial charge in [0.05, 0.1) is 16.1 Å². The number of rotatable bonds is 2. The molecule has 19 heavy (non-hydrogen) atoms. The van der Waals surface area contributed by atoms with Crippen LogP contribution in [0.1, 0.15) is 40.1 Å². The Labute approximate surface area is 116 Å². The van der Waals surface area contributed by atoms with E-state index in [1.165, 1.54) is 11.3 Å². The lowest BCUT2D eigenvalue weighted by Crippen LogP contribution is -2.48. The number of thiazole rings is 1. The molecule has 104 valence electrons. The summed E-state index contributed by atoms with van der Waals surface area (Å²) in [6, 6.07) is 0. The first-order valence-electron chi connectivity index (χ1n) is 6.30. The maximum absolute atomic E-state index is 12.4. The van der Waals surface area contributed by atoms with Gasteiger partial charge in [-0.05, 0) is 33.6 Å². The summed E-state index contributed by atoms with van der Waals surface area (Å²) in [5.41, 5.74) is -0.100. The van der Waals surface area contributed by atoms with Gasteiger partial charge in [0.1, 0.15) is 4.88 Å². The number of carboxylic acid groups (broad SMARTS) is 1. The first-order chi connectivity index (χ1) is 8.83. The molecule has 1 aliphatic heterocycles. The number of carbonyl (C=O) groups excluding carboxylic acids is 1. The molecule has 2 rings (SSSR count). The van der Waals surface area contributed by atoms with Crippen molar-refractivity contribution in [1.29, 1.82) is 0 Å². The normalized spacial score (nSPS) is 23.4. The Hall–Kier alpha value is -1.43. The fourth-order valence-corrected chi connectivity index (χ4v) is 3.35. The van der Waals surface area contributed by atoms with Crippen molar-refractivity contribution < 1.29 is 14.7 Å². The fourth-order valence-electron chi connectivity index (χ4n) is 2.46. The van der Waals surface area contributed by atoms with Crippen LogP contribution in [0, 0.1) is 19.3 Å². The van der Waals surface area contributed by atoms with Crippen LogP contribution in [0.15, 0.2) is 0 Å². The van der Waals surface area contributed by atoms with Gasteiger partial charge in [-0.25, -0.2) is 4.98 Å². The maximum atomic E-state index is 12.4. The van der Waals surface area contributed by atoms with Crippen LogP contribution in [0.2, 0.25) is 0 Å². The molecule has 1 aliphatic rings. The van der Waals surface area contributed by atoms with Gasteiger partial charge in [0.15, 0.2) is 0 Å². The van der Waals surface area contributed by atoms with Crippen molar-refractivity contribution in [3.8, 4) is 0 Å². The van der Waals surface area contributed by atoms with Crippen LogP contribution in [-0.4, -0.2) is 40.0 Å². The number of aryl methyl sites for hydroxylation is 2. The Morgan fingerprint density at radius 3 is 2.63 bits per heavy atom. The van der Waals surface area contributed by atoms with E-state index in [9.17, 15) is 14.7 Å². The number of hydrogen-bond donors (Lipinski definition) is 1. The minimum absolute atomic E-state index is 0.0877. The summed E-state index contributed by atoms with van der Waals surface area (Å²) in [6.07, 6.45) is 1.35. The van der Waals surface area contributed by atoms with E-state index in [2.05, 4.69) is 4.98 Å². The van der Waals surface area contributed by atoms with Crippen molar-refractivity contribution in [2.24, 2.45) is 5.41 Å². The minimum Gasteiger partial charge on any atom is -0.481 e. The van der Waals surface area contributed by atoms with Gasteiger partial charge in [0, 0.05) is 13.1 Å². The van der Waals surface area contributed by atoms with E-state index < -0.39 is 11.4 Å². The fraction of sp³-hybridized carbons (Fsp3) is 0.615. The zero-order valence-electron chi connectivity index (χ0n) is 11.4. The first-order valence-corrected chi connectivity index (χ1v) is 7.12. The molecule has 2 heterocycles. The van der Waals surface area contributed by atoms with Crippen molar-refractivity contribution >= 4 is 23.2 Å². The molecule has 5 nitrogen and oxygen atoms in total. The van der Waals surface area contributed by atoms with Gasteiger partial charge >= 0.3 is 5.97 Å². The van der Waals surface area contributed by atoms with Crippen LogP contribution < -0.4 is 0 Å². The van der Waals surface area contributed by atoms with Crippen LogP contribution in [0.5, 0.6) is 0 Å². The van der Waals surface area contributed by atoms with Gasteiger partial charge in [0.2, 0.25) is 0 Å². The molecule has 0 aliphatic carbocycles. The zero-order valence-corrected chi connectivity index (χ0v) is 12.2. The van der Waals surface area contributed by atoms with Crippen molar-refractivity contribution in [3.63, 3.8) is 0 Å². The van der Waals surface area contributed by atoms with Gasteiger partial charge in [-0.3, -0.25) is 9.59 Å². The number of carbonyl (C=O) groups is 2. The monoisotopic (exact) mass is 282 g/mol. The molecule has 1 aromatic rings. The molecule has 1 amide bonds. The molecule has 0 spiro atoms. The minimum atomic E-state index is -0.832. The van der Waals surface area contributed by atoms with Gasteiger partial charge in [0.25, 0.3) is 5.91 Å². The predicted octanol–water partition coefficient (Wildman–Crippen LogP) is 2.09. The van der Waals surface area contributed by atoms with Crippen LogP contribution >= 0.6 is 11.3 Å². The number of nitrogens with zero attached hydrogens (tertiary/aromatic N) is 2. The number of amides is 1. The van der Waals surface area contributed by atoms with Gasteiger partial charge in [-0.1, -0.05) is 0 Å². The lowest BCUT2D eigenvalue weighted by Gasteiger charge is -2.37. The molecule has 1 fully saturated rings. The molecule has 0 saturated carbocycles. The lowest BCUT2D eigenvalue weighted by atomic mass is 9.82. The average molecular weight is 282 g/mol. The topological polar surface area (TPSA) is 70.5 Å². The van der Waals surface area contributed by atoms with Crippen LogP contribution in [0.3, 0.4) is 0 Å². The number of piperidine rings is 1. The molecule has 0 aromatic carbocycles. The summed E-state index contributed by atoms with van der Waals surface area (Å²) in [5.74, 6) is -0.919. The molecule has 6 heteroatoms. The molecule has 1 saturated heterocycles. The summed E-state index contributed by atoms with van der Waals surface area (Å²) in [6.45, 7) is 6.29. The standard InChI is InChI=1S/C13H18N2O3S/c1-8-10(19-9(2)14-8)11(16)15-6-4-5-13(3,7-15)12(17)18/h4-7H2,1-3H3,(H,17,18).